The van der Waals surface area contributed by atoms with E-state index in [1.807, 2.05) is 4.90 Å². The van der Waals surface area contributed by atoms with Crippen molar-refractivity contribution < 1.29 is 4.79 Å². The highest BCUT2D eigenvalue weighted by Gasteiger charge is 2.28. The normalized spacial score (nSPS) is 36.1. The first-order valence-corrected chi connectivity index (χ1v) is 6.18. The zero-order valence-corrected chi connectivity index (χ0v) is 9.61. The van der Waals surface area contributed by atoms with Crippen molar-refractivity contribution in [2.45, 2.75) is 45.1 Å². The van der Waals surface area contributed by atoms with Crippen LogP contribution in [-0.2, 0) is 4.79 Å². The molecule has 1 aliphatic heterocycles. The van der Waals surface area contributed by atoms with Gasteiger partial charge in [-0.05, 0) is 31.1 Å². The van der Waals surface area contributed by atoms with Crippen molar-refractivity contribution in [1.29, 1.82) is 0 Å². The Kier molecular flexibility index (Phi) is 3.29. The van der Waals surface area contributed by atoms with Crippen LogP contribution in [0, 0.1) is 11.8 Å². The molecule has 0 aromatic carbocycles. The predicted octanol–water partition coefficient (Wildman–Crippen LogP) is 1.37. The van der Waals surface area contributed by atoms with E-state index >= 15 is 0 Å². The first-order chi connectivity index (χ1) is 7.15. The van der Waals surface area contributed by atoms with E-state index in [9.17, 15) is 4.79 Å². The van der Waals surface area contributed by atoms with Gasteiger partial charge in [-0.1, -0.05) is 13.3 Å². The van der Waals surface area contributed by atoms with Crippen molar-refractivity contribution in [3.8, 4) is 0 Å². The van der Waals surface area contributed by atoms with Crippen LogP contribution in [0.15, 0.2) is 0 Å². The predicted molar refractivity (Wildman–Crippen MR) is 60.3 cm³/mol. The summed E-state index contributed by atoms with van der Waals surface area (Å²) in [5.74, 6) is 1.80. The lowest BCUT2D eigenvalue weighted by atomic mass is 10.0. The van der Waals surface area contributed by atoms with Gasteiger partial charge in [0.05, 0.1) is 0 Å². The molecule has 2 N–H and O–H groups in total. The van der Waals surface area contributed by atoms with Gasteiger partial charge in [0.1, 0.15) is 0 Å². The second-order valence-electron chi connectivity index (χ2n) is 5.38. The molecular weight excluding hydrogens is 188 g/mol. The van der Waals surface area contributed by atoms with Gasteiger partial charge in [-0.3, -0.25) is 4.79 Å². The van der Waals surface area contributed by atoms with Crippen LogP contribution in [0.5, 0.6) is 0 Å². The first-order valence-electron chi connectivity index (χ1n) is 6.18. The zero-order valence-electron chi connectivity index (χ0n) is 9.61. The summed E-state index contributed by atoms with van der Waals surface area (Å²) < 4.78 is 0. The van der Waals surface area contributed by atoms with Crippen LogP contribution in [0.3, 0.4) is 0 Å². The van der Waals surface area contributed by atoms with Gasteiger partial charge in [0.2, 0.25) is 5.91 Å². The quantitative estimate of drug-likeness (QED) is 0.748. The van der Waals surface area contributed by atoms with Crippen LogP contribution < -0.4 is 5.73 Å². The summed E-state index contributed by atoms with van der Waals surface area (Å²) in [4.78, 5) is 13.9. The SMILES string of the molecule is CC1CCC(CC(=O)N2CCC(N)C2)C1. The average molecular weight is 210 g/mol. The van der Waals surface area contributed by atoms with Gasteiger partial charge in [-0.2, -0.15) is 0 Å². The van der Waals surface area contributed by atoms with Gasteiger partial charge in [0.25, 0.3) is 0 Å². The van der Waals surface area contributed by atoms with E-state index in [4.69, 9.17) is 5.73 Å². The summed E-state index contributed by atoms with van der Waals surface area (Å²) in [6.07, 6.45) is 5.53. The molecule has 0 bridgehead atoms. The topological polar surface area (TPSA) is 46.3 Å². The number of hydrogen-bond acceptors (Lipinski definition) is 2. The van der Waals surface area contributed by atoms with Crippen molar-refractivity contribution in [2.75, 3.05) is 13.1 Å². The molecule has 1 saturated carbocycles. The van der Waals surface area contributed by atoms with Gasteiger partial charge >= 0.3 is 0 Å². The maximum Gasteiger partial charge on any atom is 0.222 e. The molecule has 86 valence electrons. The summed E-state index contributed by atoms with van der Waals surface area (Å²) in [5, 5.41) is 0. The highest BCUT2D eigenvalue weighted by atomic mass is 16.2. The number of likely N-dealkylation sites (tertiary alicyclic amines) is 1. The Hall–Kier alpha value is -0.570. The van der Waals surface area contributed by atoms with Crippen LogP contribution in [-0.4, -0.2) is 29.9 Å². The number of hydrogen-bond donors (Lipinski definition) is 1. The van der Waals surface area contributed by atoms with E-state index in [1.165, 1.54) is 19.3 Å². The molecule has 3 heteroatoms. The summed E-state index contributed by atoms with van der Waals surface area (Å²) in [5.41, 5.74) is 5.80. The fourth-order valence-corrected chi connectivity index (χ4v) is 2.90. The van der Waals surface area contributed by atoms with E-state index in [0.29, 0.717) is 11.8 Å². The van der Waals surface area contributed by atoms with Crippen LogP contribution >= 0.6 is 0 Å². The van der Waals surface area contributed by atoms with E-state index < -0.39 is 0 Å². The Labute approximate surface area is 92.0 Å². The third-order valence-electron chi connectivity index (χ3n) is 3.84. The van der Waals surface area contributed by atoms with E-state index in [-0.39, 0.29) is 6.04 Å². The third kappa shape index (κ3) is 2.71. The van der Waals surface area contributed by atoms with E-state index in [1.54, 1.807) is 0 Å². The molecule has 2 rings (SSSR count). The van der Waals surface area contributed by atoms with Crippen molar-refractivity contribution >= 4 is 5.91 Å². The molecular formula is C12H22N2O. The van der Waals surface area contributed by atoms with Crippen LogP contribution in [0.1, 0.15) is 39.0 Å². The number of rotatable bonds is 2. The molecule has 1 aliphatic carbocycles. The van der Waals surface area contributed by atoms with Crippen LogP contribution in [0.25, 0.3) is 0 Å². The van der Waals surface area contributed by atoms with Gasteiger partial charge in [-0.15, -0.1) is 0 Å². The number of carbonyl (C=O) groups is 1. The minimum Gasteiger partial charge on any atom is -0.341 e. The molecule has 15 heavy (non-hydrogen) atoms. The molecule has 0 aromatic rings. The highest BCUT2D eigenvalue weighted by molar-refractivity contribution is 5.76. The maximum atomic E-state index is 11.9. The monoisotopic (exact) mass is 210 g/mol. The summed E-state index contributed by atoms with van der Waals surface area (Å²) >= 11 is 0. The Morgan fingerprint density at radius 3 is 2.73 bits per heavy atom. The molecule has 2 fully saturated rings. The zero-order chi connectivity index (χ0) is 10.8. The Morgan fingerprint density at radius 2 is 2.20 bits per heavy atom. The van der Waals surface area contributed by atoms with Crippen molar-refractivity contribution in [1.82, 2.24) is 4.90 Å². The molecule has 1 heterocycles. The van der Waals surface area contributed by atoms with Crippen LogP contribution in [0.4, 0.5) is 0 Å². The molecule has 0 aromatic heterocycles. The lowest BCUT2D eigenvalue weighted by Gasteiger charge is -2.18. The standard InChI is InChI=1S/C12H22N2O/c1-9-2-3-10(6-9)7-12(15)14-5-4-11(13)8-14/h9-11H,2-8,13H2,1H3. The van der Waals surface area contributed by atoms with E-state index in [2.05, 4.69) is 6.92 Å². The number of nitrogens with two attached hydrogens (primary N) is 1. The molecule has 3 unspecified atom stereocenters. The maximum absolute atomic E-state index is 11.9. The van der Waals surface area contributed by atoms with Gasteiger partial charge in [-0.25, -0.2) is 0 Å². The molecule has 3 nitrogen and oxygen atoms in total. The molecule has 1 amide bonds. The van der Waals surface area contributed by atoms with Gasteiger partial charge in [0.15, 0.2) is 0 Å². The smallest absolute Gasteiger partial charge is 0.222 e. The highest BCUT2D eigenvalue weighted by Crippen LogP contribution is 2.33. The number of carbonyl (C=O) groups excluding carboxylic acids is 1. The van der Waals surface area contributed by atoms with Gasteiger partial charge < -0.3 is 10.6 Å². The minimum atomic E-state index is 0.219. The second kappa shape index (κ2) is 4.52. The van der Waals surface area contributed by atoms with Crippen molar-refractivity contribution in [3.63, 3.8) is 0 Å². The Bertz CT molecular complexity index is 242. The third-order valence-corrected chi connectivity index (χ3v) is 3.84. The molecule has 0 spiro atoms. The Morgan fingerprint density at radius 1 is 1.40 bits per heavy atom. The van der Waals surface area contributed by atoms with Crippen LogP contribution in [0.2, 0.25) is 0 Å². The van der Waals surface area contributed by atoms with Gasteiger partial charge in [0, 0.05) is 25.6 Å². The van der Waals surface area contributed by atoms with Crippen molar-refractivity contribution in [2.24, 2.45) is 17.6 Å². The second-order valence-corrected chi connectivity index (χ2v) is 5.38. The lowest BCUT2D eigenvalue weighted by Crippen LogP contribution is -2.32. The summed E-state index contributed by atoms with van der Waals surface area (Å²) in [7, 11) is 0. The number of nitrogens with zero attached hydrogens (tertiary/aromatic N) is 1. The molecule has 1 saturated heterocycles. The fraction of sp³-hybridized carbons (Fsp3) is 0.917. The molecule has 3 atom stereocenters. The number of amides is 1. The van der Waals surface area contributed by atoms with Crippen molar-refractivity contribution in [3.05, 3.63) is 0 Å². The summed E-state index contributed by atoms with van der Waals surface area (Å²) in [6, 6.07) is 0.219. The Balaban J connectivity index is 1.77. The fourth-order valence-electron chi connectivity index (χ4n) is 2.90. The summed E-state index contributed by atoms with van der Waals surface area (Å²) in [6.45, 7) is 3.94. The largest absolute Gasteiger partial charge is 0.341 e. The lowest BCUT2D eigenvalue weighted by molar-refractivity contribution is -0.131. The molecule has 0 radical (unpaired) electrons. The first kappa shape index (κ1) is 10.9. The molecule has 2 aliphatic rings. The average Bonchev–Trinajstić information content (AvgIpc) is 2.75. The minimum absolute atomic E-state index is 0.219. The van der Waals surface area contributed by atoms with E-state index in [0.717, 1.165) is 31.8 Å².